The minimum atomic E-state index is -3.48. The van der Waals surface area contributed by atoms with Gasteiger partial charge in [0.25, 0.3) is 0 Å². The van der Waals surface area contributed by atoms with E-state index in [1.54, 1.807) is 37.3 Å². The molecule has 2 atom stereocenters. The molecule has 0 saturated carbocycles. The number of benzene rings is 1. The monoisotopic (exact) mass is 268 g/mol. The average molecular weight is 268 g/mol. The van der Waals surface area contributed by atoms with Crippen molar-refractivity contribution in [2.24, 2.45) is 5.41 Å². The molecule has 4 heteroatoms. The normalized spacial score (nSPS) is 32.3. The van der Waals surface area contributed by atoms with Gasteiger partial charge < -0.3 is 4.74 Å². The number of hydrogen-bond donors (Lipinski definition) is 0. The van der Waals surface area contributed by atoms with Crippen LogP contribution in [0.2, 0.25) is 0 Å². The van der Waals surface area contributed by atoms with E-state index in [-0.39, 0.29) is 5.41 Å². The van der Waals surface area contributed by atoms with Crippen molar-refractivity contribution in [1.29, 1.82) is 0 Å². The van der Waals surface area contributed by atoms with Crippen LogP contribution in [0.25, 0.3) is 0 Å². The van der Waals surface area contributed by atoms with E-state index in [1.807, 2.05) is 27.7 Å². The highest BCUT2D eigenvalue weighted by Crippen LogP contribution is 2.61. The molecule has 0 bridgehead atoms. The van der Waals surface area contributed by atoms with E-state index in [0.717, 1.165) is 0 Å². The smallest absolute Gasteiger partial charge is 0.210 e. The zero-order chi connectivity index (χ0) is 13.8. The molecule has 0 amide bonds. The molecule has 1 heterocycles. The van der Waals surface area contributed by atoms with Crippen LogP contribution >= 0.6 is 0 Å². The molecule has 0 unspecified atom stereocenters. The van der Waals surface area contributed by atoms with Gasteiger partial charge in [0.05, 0.1) is 4.90 Å². The first-order valence-electron chi connectivity index (χ1n) is 6.06. The molecule has 1 aliphatic heterocycles. The summed E-state index contributed by atoms with van der Waals surface area (Å²) >= 11 is 0. The molecule has 0 N–H and O–H groups in total. The first-order valence-corrected chi connectivity index (χ1v) is 7.54. The SMILES string of the molecule is CC(C)(C)[C@]1(C)O[C@@]1(C)S(=O)(=O)c1ccccc1. The van der Waals surface area contributed by atoms with Crippen molar-refractivity contribution >= 4 is 9.84 Å². The minimum Gasteiger partial charge on any atom is -0.345 e. The third-order valence-corrected chi connectivity index (χ3v) is 6.61. The van der Waals surface area contributed by atoms with Crippen molar-refractivity contribution in [3.8, 4) is 0 Å². The van der Waals surface area contributed by atoms with Gasteiger partial charge >= 0.3 is 0 Å². The molecule has 0 aliphatic carbocycles. The van der Waals surface area contributed by atoms with Crippen LogP contribution < -0.4 is 0 Å². The van der Waals surface area contributed by atoms with Crippen molar-refractivity contribution in [1.82, 2.24) is 0 Å². The molecule has 1 aromatic rings. The minimum absolute atomic E-state index is 0.233. The summed E-state index contributed by atoms with van der Waals surface area (Å²) < 4.78 is 31.0. The van der Waals surface area contributed by atoms with Gasteiger partial charge in [-0.25, -0.2) is 8.42 Å². The fourth-order valence-electron chi connectivity index (χ4n) is 2.33. The maximum atomic E-state index is 12.7. The summed E-state index contributed by atoms with van der Waals surface area (Å²) in [7, 11) is -3.48. The molecule has 1 aliphatic rings. The second-order valence-electron chi connectivity index (χ2n) is 6.15. The lowest BCUT2D eigenvalue weighted by Gasteiger charge is -2.26. The molecule has 0 aromatic heterocycles. The Labute approximate surface area is 109 Å². The van der Waals surface area contributed by atoms with E-state index < -0.39 is 20.4 Å². The zero-order valence-corrected chi connectivity index (χ0v) is 12.3. The number of epoxide rings is 1. The van der Waals surface area contributed by atoms with Crippen molar-refractivity contribution in [3.05, 3.63) is 30.3 Å². The Bertz CT molecular complexity index is 556. The lowest BCUT2D eigenvalue weighted by Crippen LogP contribution is -2.38. The topological polar surface area (TPSA) is 46.7 Å². The fraction of sp³-hybridized carbons (Fsp3) is 0.571. The molecule has 2 rings (SSSR count). The van der Waals surface area contributed by atoms with E-state index in [4.69, 9.17) is 4.74 Å². The molecule has 18 heavy (non-hydrogen) atoms. The summed E-state index contributed by atoms with van der Waals surface area (Å²) in [6.07, 6.45) is 0. The van der Waals surface area contributed by atoms with Gasteiger partial charge in [-0.3, -0.25) is 0 Å². The lowest BCUT2D eigenvalue weighted by molar-refractivity contribution is 0.172. The van der Waals surface area contributed by atoms with E-state index in [9.17, 15) is 8.42 Å². The highest BCUT2D eigenvalue weighted by molar-refractivity contribution is 7.93. The van der Waals surface area contributed by atoms with E-state index in [2.05, 4.69) is 0 Å². The Kier molecular flexibility index (Phi) is 2.69. The second kappa shape index (κ2) is 3.58. The first kappa shape index (κ1) is 13.6. The summed E-state index contributed by atoms with van der Waals surface area (Å²) in [4.78, 5) is -0.819. The number of rotatable bonds is 2. The molecule has 1 aromatic carbocycles. The Morgan fingerprint density at radius 3 is 1.94 bits per heavy atom. The van der Waals surface area contributed by atoms with Crippen molar-refractivity contribution in [3.63, 3.8) is 0 Å². The molecule has 3 nitrogen and oxygen atoms in total. The van der Waals surface area contributed by atoms with Crippen LogP contribution in [-0.2, 0) is 14.6 Å². The largest absolute Gasteiger partial charge is 0.345 e. The summed E-state index contributed by atoms with van der Waals surface area (Å²) in [6, 6.07) is 8.49. The van der Waals surface area contributed by atoms with Gasteiger partial charge in [0.2, 0.25) is 9.84 Å². The highest BCUT2D eigenvalue weighted by Gasteiger charge is 2.76. The predicted octanol–water partition coefficient (Wildman–Crippen LogP) is 3.01. The van der Waals surface area contributed by atoms with Gasteiger partial charge in [0.15, 0.2) is 4.93 Å². The molecule has 0 radical (unpaired) electrons. The van der Waals surface area contributed by atoms with Crippen LogP contribution in [0, 0.1) is 5.41 Å². The standard InChI is InChI=1S/C14H20O3S/c1-12(2,3)13(4)14(5,17-13)18(15,16)11-9-7-6-8-10-11/h6-10H,1-5H3/t13-,14-/m0/s1. The van der Waals surface area contributed by atoms with Crippen LogP contribution in [0.1, 0.15) is 34.6 Å². The Morgan fingerprint density at radius 1 is 1.06 bits per heavy atom. The summed E-state index contributed by atoms with van der Waals surface area (Å²) in [5.74, 6) is 0. The lowest BCUT2D eigenvalue weighted by atomic mass is 9.79. The van der Waals surface area contributed by atoms with Gasteiger partial charge in [-0.05, 0) is 31.4 Å². The average Bonchev–Trinajstić information content (AvgIpc) is 2.86. The molecule has 100 valence electrons. The molecular formula is C14H20O3S. The number of ether oxygens (including phenoxy) is 1. The Balaban J connectivity index is 2.47. The van der Waals surface area contributed by atoms with Gasteiger partial charge in [-0.1, -0.05) is 39.0 Å². The van der Waals surface area contributed by atoms with Crippen molar-refractivity contribution in [2.45, 2.75) is 50.0 Å². The van der Waals surface area contributed by atoms with Crippen LogP contribution in [0.4, 0.5) is 0 Å². The van der Waals surface area contributed by atoms with Crippen molar-refractivity contribution < 1.29 is 13.2 Å². The molecule has 1 fully saturated rings. The quantitative estimate of drug-likeness (QED) is 0.775. The molecular weight excluding hydrogens is 248 g/mol. The predicted molar refractivity (Wildman–Crippen MR) is 71.0 cm³/mol. The summed E-state index contributed by atoms with van der Waals surface area (Å²) in [5, 5.41) is 0. The zero-order valence-electron chi connectivity index (χ0n) is 11.5. The van der Waals surface area contributed by atoms with Gasteiger partial charge in [0.1, 0.15) is 5.60 Å². The maximum absolute atomic E-state index is 12.7. The highest BCUT2D eigenvalue weighted by atomic mass is 32.2. The van der Waals surface area contributed by atoms with Gasteiger partial charge in [-0.2, -0.15) is 0 Å². The number of sulfone groups is 1. The third kappa shape index (κ3) is 1.55. The Hall–Kier alpha value is -0.870. The van der Waals surface area contributed by atoms with Crippen LogP contribution in [0.15, 0.2) is 35.2 Å². The van der Waals surface area contributed by atoms with Crippen LogP contribution in [-0.4, -0.2) is 19.0 Å². The van der Waals surface area contributed by atoms with Gasteiger partial charge in [-0.15, -0.1) is 0 Å². The summed E-state index contributed by atoms with van der Waals surface area (Å²) in [5.41, 5.74) is -0.891. The van der Waals surface area contributed by atoms with E-state index in [0.29, 0.717) is 4.90 Å². The van der Waals surface area contributed by atoms with Crippen LogP contribution in [0.5, 0.6) is 0 Å². The van der Waals surface area contributed by atoms with E-state index >= 15 is 0 Å². The number of hydrogen-bond acceptors (Lipinski definition) is 3. The summed E-state index contributed by atoms with van der Waals surface area (Å²) in [6.45, 7) is 9.53. The Morgan fingerprint density at radius 2 is 1.56 bits per heavy atom. The van der Waals surface area contributed by atoms with Crippen molar-refractivity contribution in [2.75, 3.05) is 0 Å². The maximum Gasteiger partial charge on any atom is 0.210 e. The molecule has 1 saturated heterocycles. The molecule has 0 spiro atoms. The third-order valence-electron chi connectivity index (χ3n) is 4.22. The second-order valence-corrected chi connectivity index (χ2v) is 8.40. The fourth-order valence-corrected chi connectivity index (χ4v) is 4.39. The first-order chi connectivity index (χ1) is 8.06. The van der Waals surface area contributed by atoms with Gasteiger partial charge in [0, 0.05) is 0 Å². The van der Waals surface area contributed by atoms with Crippen LogP contribution in [0.3, 0.4) is 0 Å². The van der Waals surface area contributed by atoms with E-state index in [1.165, 1.54) is 0 Å².